The molecular weight excluding hydrogens is 356 g/mol. The normalized spacial score (nSPS) is 17.6. The lowest BCUT2D eigenvalue weighted by Crippen LogP contribution is -2.45. The zero-order valence-corrected chi connectivity index (χ0v) is 13.8. The maximum atomic E-state index is 12.0. The molecule has 118 valence electrons. The van der Waals surface area contributed by atoms with E-state index >= 15 is 0 Å². The number of halogens is 1. The Kier molecular flexibility index (Phi) is 4.60. The minimum absolute atomic E-state index is 0.0631. The Morgan fingerprint density at radius 1 is 1.36 bits per heavy atom. The molecule has 1 aliphatic heterocycles. The summed E-state index contributed by atoms with van der Waals surface area (Å²) < 4.78 is 10.3. The van der Waals surface area contributed by atoms with Crippen LogP contribution in [0, 0.1) is 0 Å². The second-order valence-corrected chi connectivity index (χ2v) is 5.47. The molecule has 2 rings (SSSR count). The van der Waals surface area contributed by atoms with Crippen molar-refractivity contribution in [2.45, 2.75) is 13.0 Å². The van der Waals surface area contributed by atoms with Crippen molar-refractivity contribution in [1.82, 2.24) is 10.6 Å². The molecule has 0 fully saturated rings. The lowest BCUT2D eigenvalue weighted by molar-refractivity contribution is -0.136. The molecule has 2 amide bonds. The number of phenolic OH excluding ortho intramolecular Hbond substituents is 1. The Balaban J connectivity index is 2.58. The monoisotopic (exact) mass is 370 g/mol. The number of phenols is 1. The number of aromatic hydroxyl groups is 1. The Hall–Kier alpha value is -2.22. The second kappa shape index (κ2) is 6.27. The second-order valence-electron chi connectivity index (χ2n) is 4.62. The molecule has 0 saturated carbocycles. The molecule has 8 heteroatoms. The summed E-state index contributed by atoms with van der Waals surface area (Å²) in [7, 11) is 2.68. The summed E-state index contributed by atoms with van der Waals surface area (Å²) in [6, 6.07) is 2.00. The lowest BCUT2D eigenvalue weighted by atomic mass is 9.95. The molecule has 1 heterocycles. The first-order valence-corrected chi connectivity index (χ1v) is 7.11. The molecule has 1 aliphatic rings. The van der Waals surface area contributed by atoms with Gasteiger partial charge in [0.15, 0.2) is 11.5 Å². The van der Waals surface area contributed by atoms with Crippen LogP contribution in [0.15, 0.2) is 27.9 Å². The highest BCUT2D eigenvalue weighted by Crippen LogP contribution is 2.39. The molecule has 0 bridgehead atoms. The first kappa shape index (κ1) is 16.2. The van der Waals surface area contributed by atoms with Crippen molar-refractivity contribution in [1.29, 1.82) is 0 Å². The van der Waals surface area contributed by atoms with Crippen molar-refractivity contribution in [2.75, 3.05) is 14.2 Å². The van der Waals surface area contributed by atoms with E-state index in [2.05, 4.69) is 26.6 Å². The number of hydrogen-bond acceptors (Lipinski definition) is 5. The summed E-state index contributed by atoms with van der Waals surface area (Å²) in [6.45, 7) is 1.62. The van der Waals surface area contributed by atoms with E-state index in [4.69, 9.17) is 9.47 Å². The van der Waals surface area contributed by atoms with E-state index in [1.807, 2.05) is 0 Å². The van der Waals surface area contributed by atoms with Crippen LogP contribution < -0.4 is 15.4 Å². The van der Waals surface area contributed by atoms with Crippen molar-refractivity contribution in [3.05, 3.63) is 33.4 Å². The standard InChI is InChI=1S/C14H15BrN2O5/c1-6-10(13(19)22-3)11(17-14(20)16-6)7-4-8(15)12(18)9(5-7)21-2/h4-5,11,18H,1-3H3,(H2,16,17,20)/t11-/m0/s1. The highest BCUT2D eigenvalue weighted by Gasteiger charge is 2.32. The largest absolute Gasteiger partial charge is 0.503 e. The van der Waals surface area contributed by atoms with Crippen LogP contribution in [0.2, 0.25) is 0 Å². The van der Waals surface area contributed by atoms with Gasteiger partial charge in [-0.15, -0.1) is 0 Å². The topological polar surface area (TPSA) is 96.9 Å². The number of rotatable bonds is 3. The molecule has 1 atom stereocenters. The van der Waals surface area contributed by atoms with Crippen LogP contribution in [0.3, 0.4) is 0 Å². The number of ether oxygens (including phenoxy) is 2. The average molecular weight is 371 g/mol. The van der Waals surface area contributed by atoms with E-state index in [9.17, 15) is 14.7 Å². The van der Waals surface area contributed by atoms with Crippen molar-refractivity contribution < 1.29 is 24.2 Å². The predicted molar refractivity (Wildman–Crippen MR) is 81.5 cm³/mol. The molecule has 0 spiro atoms. The lowest BCUT2D eigenvalue weighted by Gasteiger charge is -2.28. The highest BCUT2D eigenvalue weighted by molar-refractivity contribution is 9.10. The molecule has 3 N–H and O–H groups in total. The number of hydrogen-bond donors (Lipinski definition) is 3. The maximum Gasteiger partial charge on any atom is 0.337 e. The van der Waals surface area contributed by atoms with Gasteiger partial charge in [0, 0.05) is 5.70 Å². The van der Waals surface area contributed by atoms with Crippen LogP contribution in [0.4, 0.5) is 4.79 Å². The average Bonchev–Trinajstić information content (AvgIpc) is 2.48. The van der Waals surface area contributed by atoms with E-state index in [1.165, 1.54) is 14.2 Å². The zero-order valence-electron chi connectivity index (χ0n) is 12.2. The van der Waals surface area contributed by atoms with E-state index in [1.54, 1.807) is 19.1 Å². The zero-order chi connectivity index (χ0) is 16.4. The molecule has 7 nitrogen and oxygen atoms in total. The van der Waals surface area contributed by atoms with Gasteiger partial charge in [-0.3, -0.25) is 0 Å². The van der Waals surface area contributed by atoms with Gasteiger partial charge in [0.25, 0.3) is 0 Å². The van der Waals surface area contributed by atoms with Crippen molar-refractivity contribution >= 4 is 27.9 Å². The number of carbonyl (C=O) groups is 2. The van der Waals surface area contributed by atoms with Gasteiger partial charge in [0.05, 0.1) is 30.3 Å². The predicted octanol–water partition coefficient (Wildman–Crippen LogP) is 1.96. The fraction of sp³-hybridized carbons (Fsp3) is 0.286. The van der Waals surface area contributed by atoms with Gasteiger partial charge in [-0.2, -0.15) is 0 Å². The third kappa shape index (κ3) is 2.87. The summed E-state index contributed by atoms with van der Waals surface area (Å²) >= 11 is 3.22. The number of amides is 2. The molecule has 1 aromatic carbocycles. The number of allylic oxidation sites excluding steroid dienone is 1. The summed E-state index contributed by atoms with van der Waals surface area (Å²) in [5.41, 5.74) is 1.25. The molecule has 0 aliphatic carbocycles. The summed E-state index contributed by atoms with van der Waals surface area (Å²) in [4.78, 5) is 23.7. The van der Waals surface area contributed by atoms with Crippen LogP contribution >= 0.6 is 15.9 Å². The van der Waals surface area contributed by atoms with Crippen LogP contribution in [0.5, 0.6) is 11.5 Å². The number of urea groups is 1. The molecule has 1 aromatic rings. The summed E-state index contributed by atoms with van der Waals surface area (Å²) in [5, 5.41) is 15.1. The van der Waals surface area contributed by atoms with E-state index in [0.29, 0.717) is 15.7 Å². The first-order chi connectivity index (χ1) is 10.4. The SMILES string of the molecule is COC(=O)C1=C(C)NC(=O)N[C@H]1c1cc(Br)c(O)c(OC)c1. The first-order valence-electron chi connectivity index (χ1n) is 6.32. The van der Waals surface area contributed by atoms with Crippen molar-refractivity contribution in [3.8, 4) is 11.5 Å². The van der Waals surface area contributed by atoms with Gasteiger partial charge >= 0.3 is 12.0 Å². The molecule has 0 unspecified atom stereocenters. The minimum atomic E-state index is -0.716. The quantitative estimate of drug-likeness (QED) is 0.706. The number of nitrogens with one attached hydrogen (secondary N) is 2. The summed E-state index contributed by atoms with van der Waals surface area (Å²) in [5.74, 6) is -0.399. The van der Waals surface area contributed by atoms with Crippen LogP contribution in [0.25, 0.3) is 0 Å². The van der Waals surface area contributed by atoms with Gasteiger partial charge < -0.3 is 25.2 Å². The number of carbonyl (C=O) groups excluding carboxylic acids is 2. The fourth-order valence-electron chi connectivity index (χ4n) is 2.24. The van der Waals surface area contributed by atoms with E-state index in [-0.39, 0.29) is 17.1 Å². The molecule has 0 saturated heterocycles. The molecule has 22 heavy (non-hydrogen) atoms. The Morgan fingerprint density at radius 2 is 2.05 bits per heavy atom. The van der Waals surface area contributed by atoms with Crippen LogP contribution in [0.1, 0.15) is 18.5 Å². The smallest absolute Gasteiger partial charge is 0.337 e. The number of methoxy groups -OCH3 is 2. The van der Waals surface area contributed by atoms with Crippen molar-refractivity contribution in [3.63, 3.8) is 0 Å². The third-order valence-corrected chi connectivity index (χ3v) is 3.88. The Bertz CT molecular complexity index is 671. The number of benzene rings is 1. The van der Waals surface area contributed by atoms with Crippen molar-refractivity contribution in [2.24, 2.45) is 0 Å². The summed E-state index contributed by atoms with van der Waals surface area (Å²) in [6.07, 6.45) is 0. The molecule has 0 aromatic heterocycles. The molecular formula is C14H15BrN2O5. The maximum absolute atomic E-state index is 12.0. The molecule has 0 radical (unpaired) electrons. The van der Waals surface area contributed by atoms with Gasteiger partial charge in [-0.1, -0.05) is 0 Å². The Labute approximate surface area is 135 Å². The minimum Gasteiger partial charge on any atom is -0.503 e. The van der Waals surface area contributed by atoms with Crippen LogP contribution in [-0.2, 0) is 9.53 Å². The van der Waals surface area contributed by atoms with Gasteiger partial charge in [0.1, 0.15) is 0 Å². The van der Waals surface area contributed by atoms with E-state index < -0.39 is 18.0 Å². The van der Waals surface area contributed by atoms with Gasteiger partial charge in [0.2, 0.25) is 0 Å². The third-order valence-electron chi connectivity index (χ3n) is 3.28. The van der Waals surface area contributed by atoms with Gasteiger partial charge in [-0.25, -0.2) is 9.59 Å². The van der Waals surface area contributed by atoms with Crippen LogP contribution in [-0.4, -0.2) is 31.3 Å². The van der Waals surface area contributed by atoms with Gasteiger partial charge in [-0.05, 0) is 40.5 Å². The fourth-order valence-corrected chi connectivity index (χ4v) is 2.70. The van der Waals surface area contributed by atoms with E-state index in [0.717, 1.165) is 0 Å². The highest BCUT2D eigenvalue weighted by atomic mass is 79.9. The Morgan fingerprint density at radius 3 is 2.64 bits per heavy atom. The number of esters is 1.